The number of carbonyl (C=O) groups excluding carboxylic acids is 1. The van der Waals surface area contributed by atoms with Gasteiger partial charge in [0.2, 0.25) is 0 Å². The molecule has 0 bridgehead atoms. The second kappa shape index (κ2) is 6.49. The van der Waals surface area contributed by atoms with Crippen molar-refractivity contribution < 1.29 is 19.4 Å². The predicted molar refractivity (Wildman–Crippen MR) is 88.3 cm³/mol. The van der Waals surface area contributed by atoms with Gasteiger partial charge < -0.3 is 14.7 Å². The number of aryl methyl sites for hydroxylation is 2. The Bertz CT molecular complexity index is 772. The van der Waals surface area contributed by atoms with E-state index in [0.717, 1.165) is 10.9 Å². The van der Waals surface area contributed by atoms with E-state index in [4.69, 9.17) is 9.84 Å². The van der Waals surface area contributed by atoms with Gasteiger partial charge in [-0.1, -0.05) is 6.92 Å². The van der Waals surface area contributed by atoms with Gasteiger partial charge in [0.25, 0.3) is 0 Å². The van der Waals surface area contributed by atoms with E-state index in [0.29, 0.717) is 27.9 Å². The SMILES string of the molecule is COC(=O)c1sc2nc(C)nc(N(C)CC(C)C(=O)O)c2c1C. The standard InChI is InChI=1S/C15H19N3O4S/c1-7(14(19)20)6-18(4)12-10-8(2)11(15(21)22-5)23-13(10)17-9(3)16-12/h7H,6H2,1-5H3,(H,19,20). The first-order valence-corrected chi connectivity index (χ1v) is 7.87. The first kappa shape index (κ1) is 17.1. The average molecular weight is 337 g/mol. The monoisotopic (exact) mass is 337 g/mol. The van der Waals surface area contributed by atoms with Crippen molar-refractivity contribution >= 4 is 39.3 Å². The molecule has 1 N–H and O–H groups in total. The molecular weight excluding hydrogens is 318 g/mol. The average Bonchev–Trinajstić information content (AvgIpc) is 2.82. The van der Waals surface area contributed by atoms with Gasteiger partial charge in [-0.15, -0.1) is 11.3 Å². The van der Waals surface area contributed by atoms with Crippen LogP contribution in [0.15, 0.2) is 0 Å². The summed E-state index contributed by atoms with van der Waals surface area (Å²) in [6.07, 6.45) is 0. The lowest BCUT2D eigenvalue weighted by molar-refractivity contribution is -0.140. The topological polar surface area (TPSA) is 92.6 Å². The van der Waals surface area contributed by atoms with Gasteiger partial charge in [0.1, 0.15) is 21.3 Å². The minimum atomic E-state index is -0.865. The van der Waals surface area contributed by atoms with Crippen LogP contribution in [-0.4, -0.2) is 47.7 Å². The predicted octanol–water partition coefficient (Wildman–Crippen LogP) is 2.25. The molecule has 0 aliphatic carbocycles. The summed E-state index contributed by atoms with van der Waals surface area (Å²) in [5, 5.41) is 9.86. The van der Waals surface area contributed by atoms with E-state index < -0.39 is 17.9 Å². The molecule has 0 aliphatic rings. The summed E-state index contributed by atoms with van der Waals surface area (Å²) < 4.78 is 4.81. The molecule has 8 heteroatoms. The number of nitrogens with zero attached hydrogens (tertiary/aromatic N) is 3. The van der Waals surface area contributed by atoms with Crippen molar-refractivity contribution in [3.8, 4) is 0 Å². The van der Waals surface area contributed by atoms with E-state index in [-0.39, 0.29) is 0 Å². The second-order valence-corrected chi connectivity index (χ2v) is 6.44. The lowest BCUT2D eigenvalue weighted by Gasteiger charge is -2.21. The fourth-order valence-corrected chi connectivity index (χ4v) is 3.50. The summed E-state index contributed by atoms with van der Waals surface area (Å²) in [5.41, 5.74) is 0.752. The summed E-state index contributed by atoms with van der Waals surface area (Å²) in [4.78, 5) is 34.8. The molecule has 0 fully saturated rings. The van der Waals surface area contributed by atoms with E-state index in [1.54, 1.807) is 25.8 Å². The van der Waals surface area contributed by atoms with E-state index in [1.165, 1.54) is 18.4 Å². The van der Waals surface area contributed by atoms with Crippen LogP contribution in [0.3, 0.4) is 0 Å². The Morgan fingerprint density at radius 1 is 1.35 bits per heavy atom. The van der Waals surface area contributed by atoms with Crippen LogP contribution in [0.4, 0.5) is 5.82 Å². The van der Waals surface area contributed by atoms with E-state index in [1.807, 2.05) is 6.92 Å². The van der Waals surface area contributed by atoms with Gasteiger partial charge in [-0.05, 0) is 19.4 Å². The van der Waals surface area contributed by atoms with Gasteiger partial charge in [-0.25, -0.2) is 14.8 Å². The van der Waals surface area contributed by atoms with Crippen molar-refractivity contribution in [1.29, 1.82) is 0 Å². The molecule has 2 heterocycles. The summed E-state index contributed by atoms with van der Waals surface area (Å²) >= 11 is 1.26. The molecule has 23 heavy (non-hydrogen) atoms. The number of hydrogen-bond acceptors (Lipinski definition) is 7. The maximum absolute atomic E-state index is 11.9. The summed E-state index contributed by atoms with van der Waals surface area (Å²) in [6.45, 7) is 5.54. The molecule has 0 amide bonds. The third-order valence-corrected chi connectivity index (χ3v) is 4.75. The normalized spacial score (nSPS) is 12.2. The number of esters is 1. The van der Waals surface area contributed by atoms with Crippen molar-refractivity contribution in [3.05, 3.63) is 16.3 Å². The van der Waals surface area contributed by atoms with Crippen molar-refractivity contribution in [1.82, 2.24) is 9.97 Å². The number of aromatic nitrogens is 2. The molecule has 0 radical (unpaired) electrons. The van der Waals surface area contributed by atoms with Crippen LogP contribution in [-0.2, 0) is 9.53 Å². The number of carboxylic acid groups (broad SMARTS) is 1. The van der Waals surface area contributed by atoms with Crippen LogP contribution in [0.1, 0.15) is 28.0 Å². The third-order valence-electron chi connectivity index (χ3n) is 3.58. The van der Waals surface area contributed by atoms with Crippen molar-refractivity contribution in [3.63, 3.8) is 0 Å². The minimum Gasteiger partial charge on any atom is -0.481 e. The van der Waals surface area contributed by atoms with E-state index in [9.17, 15) is 9.59 Å². The molecule has 0 saturated carbocycles. The second-order valence-electron chi connectivity index (χ2n) is 5.44. The number of carboxylic acids is 1. The Morgan fingerprint density at radius 2 is 2.00 bits per heavy atom. The highest BCUT2D eigenvalue weighted by Gasteiger charge is 2.23. The molecule has 0 aliphatic heterocycles. The molecule has 7 nitrogen and oxygen atoms in total. The molecule has 1 unspecified atom stereocenters. The van der Waals surface area contributed by atoms with Crippen molar-refractivity contribution in [2.75, 3.05) is 25.6 Å². The molecule has 124 valence electrons. The molecule has 0 saturated heterocycles. The number of rotatable bonds is 5. The zero-order valence-electron chi connectivity index (χ0n) is 13.7. The maximum atomic E-state index is 11.9. The Balaban J connectivity index is 2.56. The molecular formula is C15H19N3O4S. The Kier molecular flexibility index (Phi) is 4.84. The smallest absolute Gasteiger partial charge is 0.348 e. The van der Waals surface area contributed by atoms with Crippen LogP contribution in [0.25, 0.3) is 10.2 Å². The number of carbonyl (C=O) groups is 2. The molecule has 2 rings (SSSR count). The minimum absolute atomic E-state index is 0.309. The lowest BCUT2D eigenvalue weighted by Crippen LogP contribution is -2.29. The zero-order valence-corrected chi connectivity index (χ0v) is 14.5. The fourth-order valence-electron chi connectivity index (χ4n) is 2.36. The van der Waals surface area contributed by atoms with E-state index >= 15 is 0 Å². The number of thiophene rings is 1. The van der Waals surface area contributed by atoms with Gasteiger partial charge in [-0.2, -0.15) is 0 Å². The largest absolute Gasteiger partial charge is 0.481 e. The quantitative estimate of drug-likeness (QED) is 0.836. The van der Waals surface area contributed by atoms with Crippen LogP contribution < -0.4 is 4.90 Å². The molecule has 0 aromatic carbocycles. The number of ether oxygens (including phenoxy) is 1. The number of fused-ring (bicyclic) bond motifs is 1. The first-order valence-electron chi connectivity index (χ1n) is 7.06. The van der Waals surface area contributed by atoms with Gasteiger partial charge in [0.05, 0.1) is 18.4 Å². The highest BCUT2D eigenvalue weighted by molar-refractivity contribution is 7.20. The van der Waals surface area contributed by atoms with E-state index in [2.05, 4.69) is 9.97 Å². The van der Waals surface area contributed by atoms with Gasteiger partial charge in [0.15, 0.2) is 0 Å². The third kappa shape index (κ3) is 3.26. The molecule has 0 spiro atoms. The van der Waals surface area contributed by atoms with Crippen LogP contribution in [0, 0.1) is 19.8 Å². The number of methoxy groups -OCH3 is 1. The maximum Gasteiger partial charge on any atom is 0.348 e. The first-order chi connectivity index (χ1) is 10.8. The Hall–Kier alpha value is -2.22. The number of aliphatic carboxylic acids is 1. The summed E-state index contributed by atoms with van der Waals surface area (Å²) in [6, 6.07) is 0. The number of hydrogen-bond donors (Lipinski definition) is 1. The molecule has 2 aromatic heterocycles. The van der Waals surface area contributed by atoms with Gasteiger partial charge in [-0.3, -0.25) is 4.79 Å². The fraction of sp³-hybridized carbons (Fsp3) is 0.467. The van der Waals surface area contributed by atoms with Crippen molar-refractivity contribution in [2.24, 2.45) is 5.92 Å². The lowest BCUT2D eigenvalue weighted by atomic mass is 10.1. The zero-order chi connectivity index (χ0) is 17.3. The van der Waals surface area contributed by atoms with Crippen LogP contribution in [0.5, 0.6) is 0 Å². The van der Waals surface area contributed by atoms with Crippen molar-refractivity contribution in [2.45, 2.75) is 20.8 Å². The molecule has 2 aromatic rings. The Morgan fingerprint density at radius 3 is 2.57 bits per heavy atom. The highest BCUT2D eigenvalue weighted by Crippen LogP contribution is 2.35. The highest BCUT2D eigenvalue weighted by atomic mass is 32.1. The van der Waals surface area contributed by atoms with Gasteiger partial charge >= 0.3 is 11.9 Å². The summed E-state index contributed by atoms with van der Waals surface area (Å²) in [5.74, 6) is -0.610. The summed E-state index contributed by atoms with van der Waals surface area (Å²) in [7, 11) is 3.13. The number of anilines is 1. The van der Waals surface area contributed by atoms with Crippen LogP contribution in [0.2, 0.25) is 0 Å². The Labute approximate surface area is 137 Å². The molecule has 1 atom stereocenters. The van der Waals surface area contributed by atoms with Crippen LogP contribution >= 0.6 is 11.3 Å². The van der Waals surface area contributed by atoms with Gasteiger partial charge in [0, 0.05) is 13.6 Å².